The third kappa shape index (κ3) is 2.59. The summed E-state index contributed by atoms with van der Waals surface area (Å²) >= 11 is 0. The topological polar surface area (TPSA) is 22.1 Å². The van der Waals surface area contributed by atoms with Gasteiger partial charge in [-0.25, -0.2) is 0 Å². The third-order valence-corrected chi connectivity index (χ3v) is 6.09. The van der Waals surface area contributed by atoms with Crippen molar-refractivity contribution < 1.29 is 4.74 Å². The van der Waals surface area contributed by atoms with E-state index in [1.54, 1.807) is 0 Å². The van der Waals surface area contributed by atoms with E-state index >= 15 is 0 Å². The molecule has 0 saturated carbocycles. The highest BCUT2D eigenvalue weighted by Gasteiger charge is 2.38. The second-order valence-electron chi connectivity index (χ2n) is 8.36. The number of hydrogen-bond donors (Lipinski definition) is 0. The van der Waals surface area contributed by atoms with Gasteiger partial charge in [-0.1, -0.05) is 74.0 Å². The van der Waals surface area contributed by atoms with Gasteiger partial charge in [0.1, 0.15) is 5.75 Å². The Morgan fingerprint density at radius 3 is 2.45 bits per heavy atom. The normalized spacial score (nSPS) is 13.9. The first-order valence-electron chi connectivity index (χ1n) is 10.3. The maximum Gasteiger partial charge on any atom is 0.135 e. The predicted molar refractivity (Wildman–Crippen MR) is 121 cm³/mol. The maximum absolute atomic E-state index is 6.31. The number of benzene rings is 3. The van der Waals surface area contributed by atoms with E-state index in [1.807, 2.05) is 12.3 Å². The fourth-order valence-electron chi connectivity index (χ4n) is 4.68. The highest BCUT2D eigenvalue weighted by atomic mass is 16.5. The molecule has 4 aromatic rings. The van der Waals surface area contributed by atoms with Crippen LogP contribution in [0.4, 0.5) is 0 Å². The minimum absolute atomic E-state index is 0.128. The van der Waals surface area contributed by atoms with Crippen LogP contribution in [0.2, 0.25) is 0 Å². The van der Waals surface area contributed by atoms with E-state index in [0.29, 0.717) is 6.61 Å². The second kappa shape index (κ2) is 6.45. The zero-order valence-electron chi connectivity index (χ0n) is 17.4. The first kappa shape index (κ1) is 17.9. The first-order chi connectivity index (χ1) is 14.0. The Labute approximate surface area is 172 Å². The molecule has 2 nitrogen and oxygen atoms in total. The lowest BCUT2D eigenvalue weighted by molar-refractivity contribution is 0.345. The van der Waals surface area contributed by atoms with E-state index in [0.717, 1.165) is 22.4 Å². The van der Waals surface area contributed by atoms with Crippen LogP contribution in [0.3, 0.4) is 0 Å². The Morgan fingerprint density at radius 2 is 1.69 bits per heavy atom. The van der Waals surface area contributed by atoms with Crippen LogP contribution in [0.15, 0.2) is 66.9 Å². The van der Waals surface area contributed by atoms with Crippen molar-refractivity contribution in [3.8, 4) is 28.0 Å². The highest BCUT2D eigenvalue weighted by molar-refractivity contribution is 6.07. The molecule has 0 atom stereocenters. The van der Waals surface area contributed by atoms with Gasteiger partial charge in [0.15, 0.2) is 0 Å². The van der Waals surface area contributed by atoms with Gasteiger partial charge in [-0.3, -0.25) is 4.98 Å². The van der Waals surface area contributed by atoms with Gasteiger partial charge in [0.25, 0.3) is 0 Å². The quantitative estimate of drug-likeness (QED) is 0.385. The lowest BCUT2D eigenvalue weighted by Gasteiger charge is -2.21. The minimum Gasteiger partial charge on any atom is -0.493 e. The molecule has 0 saturated heterocycles. The molecule has 5 rings (SSSR count). The molecule has 0 fully saturated rings. The van der Waals surface area contributed by atoms with E-state index in [1.165, 1.54) is 33.2 Å². The number of hydrogen-bond acceptors (Lipinski definition) is 2. The van der Waals surface area contributed by atoms with Gasteiger partial charge in [-0.2, -0.15) is 0 Å². The smallest absolute Gasteiger partial charge is 0.135 e. The molecular weight excluding hydrogens is 354 g/mol. The van der Waals surface area contributed by atoms with Crippen molar-refractivity contribution in [1.82, 2.24) is 4.98 Å². The average Bonchev–Trinajstić information content (AvgIpc) is 2.96. The summed E-state index contributed by atoms with van der Waals surface area (Å²) in [7, 11) is 0. The molecule has 0 N–H and O–H groups in total. The van der Waals surface area contributed by atoms with Crippen LogP contribution < -0.4 is 4.74 Å². The zero-order chi connectivity index (χ0) is 20.2. The molecule has 0 radical (unpaired) electrons. The summed E-state index contributed by atoms with van der Waals surface area (Å²) in [6.07, 6.45) is 2.01. The number of pyridine rings is 1. The van der Waals surface area contributed by atoms with E-state index in [4.69, 9.17) is 9.72 Å². The third-order valence-electron chi connectivity index (χ3n) is 6.09. The Morgan fingerprint density at radius 1 is 0.931 bits per heavy atom. The van der Waals surface area contributed by atoms with Crippen LogP contribution in [0.25, 0.3) is 33.0 Å². The number of fused-ring (bicyclic) bond motifs is 5. The number of aryl methyl sites for hydroxylation is 1. The molecule has 0 aliphatic heterocycles. The molecule has 2 heteroatoms. The van der Waals surface area contributed by atoms with Crippen molar-refractivity contribution in [2.75, 3.05) is 6.61 Å². The summed E-state index contributed by atoms with van der Waals surface area (Å²) in [6.45, 7) is 9.38. The van der Waals surface area contributed by atoms with E-state index in [-0.39, 0.29) is 5.41 Å². The molecule has 0 amide bonds. The van der Waals surface area contributed by atoms with Gasteiger partial charge in [-0.15, -0.1) is 0 Å². The molecule has 1 aromatic heterocycles. The standard InChI is InChI=1S/C27H25NO/c1-5-29-25-20(18-9-7-6-8-10-18)14-12-19-16-28-26-24(23(19)25)21-13-11-17(2)15-22(21)27(26,3)4/h6-16H,5H2,1-4H3. The summed E-state index contributed by atoms with van der Waals surface area (Å²) in [4.78, 5) is 4.93. The molecule has 0 spiro atoms. The zero-order valence-corrected chi connectivity index (χ0v) is 17.4. The molecular formula is C27H25NO. The Bertz CT molecular complexity index is 1240. The summed E-state index contributed by atoms with van der Waals surface area (Å²) in [5, 5.41) is 2.30. The van der Waals surface area contributed by atoms with Crippen molar-refractivity contribution in [2.24, 2.45) is 0 Å². The van der Waals surface area contributed by atoms with Crippen molar-refractivity contribution >= 4 is 10.8 Å². The lowest BCUT2D eigenvalue weighted by atomic mass is 9.84. The second-order valence-corrected chi connectivity index (χ2v) is 8.36. The molecule has 3 aromatic carbocycles. The molecule has 0 bridgehead atoms. The maximum atomic E-state index is 6.31. The van der Waals surface area contributed by atoms with Crippen LogP contribution in [-0.2, 0) is 5.41 Å². The predicted octanol–water partition coefficient (Wildman–Crippen LogP) is 6.92. The van der Waals surface area contributed by atoms with Gasteiger partial charge in [0, 0.05) is 33.5 Å². The highest BCUT2D eigenvalue weighted by Crippen LogP contribution is 2.53. The van der Waals surface area contributed by atoms with E-state index in [2.05, 4.69) is 82.3 Å². The van der Waals surface area contributed by atoms with Crippen molar-refractivity contribution in [2.45, 2.75) is 33.1 Å². The summed E-state index contributed by atoms with van der Waals surface area (Å²) in [5.74, 6) is 0.957. The Hall–Kier alpha value is -3.13. The minimum atomic E-state index is -0.128. The fourth-order valence-corrected chi connectivity index (χ4v) is 4.68. The number of nitrogens with zero attached hydrogens (tertiary/aromatic N) is 1. The summed E-state index contributed by atoms with van der Waals surface area (Å²) < 4.78 is 6.31. The Balaban J connectivity index is 1.92. The van der Waals surface area contributed by atoms with E-state index in [9.17, 15) is 0 Å². The van der Waals surface area contributed by atoms with Crippen LogP contribution >= 0.6 is 0 Å². The molecule has 29 heavy (non-hydrogen) atoms. The molecule has 144 valence electrons. The number of ether oxygens (including phenoxy) is 1. The van der Waals surface area contributed by atoms with Crippen molar-refractivity contribution in [3.63, 3.8) is 0 Å². The van der Waals surface area contributed by atoms with Crippen LogP contribution in [0, 0.1) is 6.92 Å². The van der Waals surface area contributed by atoms with Crippen LogP contribution in [-0.4, -0.2) is 11.6 Å². The monoisotopic (exact) mass is 379 g/mol. The van der Waals surface area contributed by atoms with Crippen LogP contribution in [0.1, 0.15) is 37.6 Å². The van der Waals surface area contributed by atoms with Gasteiger partial charge in [-0.05, 0) is 36.6 Å². The van der Waals surface area contributed by atoms with Gasteiger partial charge in [0.05, 0.1) is 12.3 Å². The lowest BCUT2D eigenvalue weighted by Crippen LogP contribution is -2.16. The first-order valence-corrected chi connectivity index (χ1v) is 10.3. The van der Waals surface area contributed by atoms with Crippen molar-refractivity contribution in [1.29, 1.82) is 0 Å². The van der Waals surface area contributed by atoms with Gasteiger partial charge >= 0.3 is 0 Å². The van der Waals surface area contributed by atoms with Gasteiger partial charge < -0.3 is 4.74 Å². The number of aromatic nitrogens is 1. The van der Waals surface area contributed by atoms with Crippen LogP contribution in [0.5, 0.6) is 5.75 Å². The molecule has 0 unspecified atom stereocenters. The van der Waals surface area contributed by atoms with Crippen molar-refractivity contribution in [3.05, 3.63) is 83.7 Å². The average molecular weight is 380 g/mol. The summed E-state index contributed by atoms with van der Waals surface area (Å²) in [5.41, 5.74) is 8.44. The molecule has 1 heterocycles. The number of rotatable bonds is 3. The van der Waals surface area contributed by atoms with E-state index < -0.39 is 0 Å². The largest absolute Gasteiger partial charge is 0.493 e. The summed E-state index contributed by atoms with van der Waals surface area (Å²) in [6, 6.07) is 21.6. The molecule has 1 aliphatic rings. The molecule has 1 aliphatic carbocycles. The van der Waals surface area contributed by atoms with Gasteiger partial charge in [0.2, 0.25) is 0 Å². The Kier molecular flexibility index (Phi) is 3.99. The fraction of sp³-hybridized carbons (Fsp3) is 0.222. The SMILES string of the molecule is CCOc1c(-c2ccccc2)ccc2cnc3c(c12)-c1ccc(C)cc1C3(C)C.